The van der Waals surface area contributed by atoms with E-state index >= 15 is 0 Å². The summed E-state index contributed by atoms with van der Waals surface area (Å²) in [5.41, 5.74) is 1.07. The minimum absolute atomic E-state index is 0. The maximum absolute atomic E-state index is 4.22. The van der Waals surface area contributed by atoms with E-state index in [9.17, 15) is 0 Å². The SMILES string of the molecule is CNc1ccccc1S.[Zn]. The second kappa shape index (κ2) is 4.75. The molecule has 50 valence electrons. The van der Waals surface area contributed by atoms with Crippen LogP contribution in [0, 0.1) is 0 Å². The monoisotopic (exact) mass is 203 g/mol. The van der Waals surface area contributed by atoms with Gasteiger partial charge in [0.15, 0.2) is 0 Å². The van der Waals surface area contributed by atoms with Crippen molar-refractivity contribution in [1.82, 2.24) is 0 Å². The number of rotatable bonds is 1. The van der Waals surface area contributed by atoms with Gasteiger partial charge in [-0.3, -0.25) is 0 Å². The maximum atomic E-state index is 4.22. The van der Waals surface area contributed by atoms with E-state index in [1.54, 1.807) is 0 Å². The zero-order chi connectivity index (χ0) is 6.69. The Bertz CT molecular complexity index is 203. The third-order valence-electron chi connectivity index (χ3n) is 1.17. The smallest absolute Gasteiger partial charge is 0.0473 e. The van der Waals surface area contributed by atoms with E-state index in [0.29, 0.717) is 0 Å². The van der Waals surface area contributed by atoms with E-state index in [0.717, 1.165) is 10.6 Å². The molecule has 1 nitrogen and oxygen atoms in total. The summed E-state index contributed by atoms with van der Waals surface area (Å²) in [6.07, 6.45) is 0. The van der Waals surface area contributed by atoms with Crippen LogP contribution in [0.2, 0.25) is 0 Å². The second-order valence-electron chi connectivity index (χ2n) is 1.77. The van der Waals surface area contributed by atoms with Gasteiger partial charge in [0.1, 0.15) is 0 Å². The molecule has 0 fully saturated rings. The molecule has 1 aromatic rings. The fourth-order valence-corrected chi connectivity index (χ4v) is 0.957. The minimum Gasteiger partial charge on any atom is -0.387 e. The third-order valence-corrected chi connectivity index (χ3v) is 1.56. The Morgan fingerprint density at radius 3 is 2.30 bits per heavy atom. The Morgan fingerprint density at radius 1 is 1.30 bits per heavy atom. The van der Waals surface area contributed by atoms with Crippen LogP contribution in [-0.4, -0.2) is 7.05 Å². The molecule has 0 aliphatic heterocycles. The molecule has 3 heteroatoms. The molecule has 0 unspecified atom stereocenters. The van der Waals surface area contributed by atoms with Crippen molar-refractivity contribution >= 4 is 18.3 Å². The van der Waals surface area contributed by atoms with E-state index in [-0.39, 0.29) is 19.5 Å². The predicted molar refractivity (Wildman–Crippen MR) is 43.2 cm³/mol. The predicted octanol–water partition coefficient (Wildman–Crippen LogP) is 2.01. The topological polar surface area (TPSA) is 12.0 Å². The number of thiol groups is 1. The summed E-state index contributed by atoms with van der Waals surface area (Å²) in [5, 5.41) is 3.02. The van der Waals surface area contributed by atoms with Crippen LogP contribution in [-0.2, 0) is 19.5 Å². The van der Waals surface area contributed by atoms with Gasteiger partial charge in [-0.15, -0.1) is 12.6 Å². The Kier molecular flexibility index (Phi) is 4.75. The number of hydrogen-bond acceptors (Lipinski definition) is 2. The van der Waals surface area contributed by atoms with Crippen LogP contribution in [0.4, 0.5) is 5.69 Å². The molecule has 0 bridgehead atoms. The standard InChI is InChI=1S/C7H9NS.Zn/c1-8-6-4-2-3-5-7(6)9;/h2-5,8-9H,1H3;. The molecule has 10 heavy (non-hydrogen) atoms. The molecule has 0 heterocycles. The van der Waals surface area contributed by atoms with Gasteiger partial charge in [-0.05, 0) is 12.1 Å². The van der Waals surface area contributed by atoms with E-state index in [1.807, 2.05) is 31.3 Å². The molecule has 0 atom stereocenters. The van der Waals surface area contributed by atoms with Gasteiger partial charge in [0.25, 0.3) is 0 Å². The Morgan fingerprint density at radius 2 is 1.90 bits per heavy atom. The first-order valence-corrected chi connectivity index (χ1v) is 3.25. The van der Waals surface area contributed by atoms with Gasteiger partial charge in [-0.25, -0.2) is 0 Å². The number of benzene rings is 1. The summed E-state index contributed by atoms with van der Waals surface area (Å²) >= 11 is 4.22. The van der Waals surface area contributed by atoms with Gasteiger partial charge in [0, 0.05) is 37.1 Å². The van der Waals surface area contributed by atoms with Gasteiger partial charge >= 0.3 is 0 Å². The van der Waals surface area contributed by atoms with Gasteiger partial charge in [-0.2, -0.15) is 0 Å². The van der Waals surface area contributed by atoms with Crippen molar-refractivity contribution in [2.24, 2.45) is 0 Å². The minimum atomic E-state index is 0. The molecule has 0 aliphatic carbocycles. The fourth-order valence-electron chi connectivity index (χ4n) is 0.685. The van der Waals surface area contributed by atoms with Crippen molar-refractivity contribution in [1.29, 1.82) is 0 Å². The van der Waals surface area contributed by atoms with Crippen molar-refractivity contribution in [3.05, 3.63) is 24.3 Å². The van der Waals surface area contributed by atoms with Crippen LogP contribution in [0.15, 0.2) is 29.2 Å². The summed E-state index contributed by atoms with van der Waals surface area (Å²) in [6, 6.07) is 7.88. The molecule has 1 aromatic carbocycles. The van der Waals surface area contributed by atoms with Crippen LogP contribution in [0.1, 0.15) is 0 Å². The third kappa shape index (κ3) is 2.32. The van der Waals surface area contributed by atoms with Gasteiger partial charge < -0.3 is 5.32 Å². The number of para-hydroxylation sites is 1. The van der Waals surface area contributed by atoms with E-state index < -0.39 is 0 Å². The number of anilines is 1. The van der Waals surface area contributed by atoms with Crippen molar-refractivity contribution in [3.63, 3.8) is 0 Å². The average Bonchev–Trinajstić information content (AvgIpc) is 1.89. The fraction of sp³-hybridized carbons (Fsp3) is 0.143. The zero-order valence-corrected chi connectivity index (χ0v) is 9.83. The van der Waals surface area contributed by atoms with Crippen molar-refractivity contribution < 1.29 is 19.5 Å². The van der Waals surface area contributed by atoms with E-state index in [1.165, 1.54) is 0 Å². The van der Waals surface area contributed by atoms with Crippen LogP contribution >= 0.6 is 12.6 Å². The normalized spacial score (nSPS) is 8.20. The molecule has 1 N–H and O–H groups in total. The summed E-state index contributed by atoms with van der Waals surface area (Å²) < 4.78 is 0. The molecule has 0 saturated heterocycles. The first kappa shape index (κ1) is 9.99. The Hall–Kier alpha value is -0.00662. The average molecular weight is 205 g/mol. The molecule has 0 amide bonds. The first-order chi connectivity index (χ1) is 4.34. The first-order valence-electron chi connectivity index (χ1n) is 2.80. The summed E-state index contributed by atoms with van der Waals surface area (Å²) in [4.78, 5) is 0.986. The van der Waals surface area contributed by atoms with Gasteiger partial charge in [-0.1, -0.05) is 12.1 Å². The Labute approximate surface area is 79.4 Å². The summed E-state index contributed by atoms with van der Waals surface area (Å²) in [6.45, 7) is 0. The van der Waals surface area contributed by atoms with E-state index in [2.05, 4.69) is 17.9 Å². The zero-order valence-electron chi connectivity index (χ0n) is 5.96. The Balaban J connectivity index is 0.000000810. The number of hydrogen-bond donors (Lipinski definition) is 2. The maximum Gasteiger partial charge on any atom is 0.0473 e. The molecule has 1 rings (SSSR count). The van der Waals surface area contributed by atoms with Gasteiger partial charge in [0.2, 0.25) is 0 Å². The largest absolute Gasteiger partial charge is 0.387 e. The van der Waals surface area contributed by atoms with Crippen molar-refractivity contribution in [2.45, 2.75) is 4.90 Å². The van der Waals surface area contributed by atoms with Crippen molar-refractivity contribution in [2.75, 3.05) is 12.4 Å². The molecule has 0 aliphatic rings. The van der Waals surface area contributed by atoms with Crippen LogP contribution in [0.25, 0.3) is 0 Å². The van der Waals surface area contributed by atoms with Crippen LogP contribution in [0.3, 0.4) is 0 Å². The van der Waals surface area contributed by atoms with Crippen LogP contribution in [0.5, 0.6) is 0 Å². The molecular weight excluding hydrogens is 196 g/mol. The summed E-state index contributed by atoms with van der Waals surface area (Å²) in [7, 11) is 1.88. The second-order valence-corrected chi connectivity index (χ2v) is 2.25. The molecular formula is C7H9NSZn. The molecule has 0 radical (unpaired) electrons. The quantitative estimate of drug-likeness (QED) is 0.527. The van der Waals surface area contributed by atoms with Crippen LogP contribution < -0.4 is 5.32 Å². The molecule has 0 spiro atoms. The molecule has 0 saturated carbocycles. The summed E-state index contributed by atoms with van der Waals surface area (Å²) in [5.74, 6) is 0. The van der Waals surface area contributed by atoms with Crippen molar-refractivity contribution in [3.8, 4) is 0 Å². The van der Waals surface area contributed by atoms with Gasteiger partial charge in [0.05, 0.1) is 0 Å². The van der Waals surface area contributed by atoms with E-state index in [4.69, 9.17) is 0 Å². The number of nitrogens with one attached hydrogen (secondary N) is 1. The molecule has 0 aromatic heterocycles.